The van der Waals surface area contributed by atoms with E-state index >= 15 is 0 Å². The van der Waals surface area contributed by atoms with Crippen LogP contribution in [0.4, 0.5) is 5.69 Å². The number of carbonyl (C=O) groups is 1. The van der Waals surface area contributed by atoms with E-state index in [2.05, 4.69) is 10.4 Å². The standard InChI is InChI=1S/C31H56N2O14P4/c1-7-30(27-15-13-14-16-27)44-25(2)24-43-49(36,40-4)46-51(38,42-6)47-50(37,41-5)45-48(35,39-3)33-29-21-19-26(20-22-29)23-32-31(34)28-17-11-9-8-10-12-18-28/h19-22,25,27-28,30H,7-18,23-24H2,1-6H3,(H,32,34)(H,33,35)/t25-,30+,48?,49?,50?,51?/m0/s1. The maximum Gasteiger partial charge on any atom is 0.492 e. The molecule has 0 radical (unpaired) electrons. The molecule has 1 amide bonds. The Bertz CT molecular complexity index is 1400. The molecule has 0 aliphatic heterocycles. The zero-order valence-corrected chi connectivity index (χ0v) is 34.1. The summed E-state index contributed by atoms with van der Waals surface area (Å²) in [7, 11) is -15.7. The van der Waals surface area contributed by atoms with Crippen LogP contribution in [0.2, 0.25) is 0 Å². The number of hydrogen-bond acceptors (Lipinski definition) is 14. The summed E-state index contributed by atoms with van der Waals surface area (Å²) in [6, 6.07) is 6.46. The Balaban J connectivity index is 1.59. The number of ether oxygens (including phenoxy) is 1. The van der Waals surface area contributed by atoms with Gasteiger partial charge in [0.1, 0.15) is 0 Å². The molecule has 0 spiro atoms. The van der Waals surface area contributed by atoms with Crippen molar-refractivity contribution in [2.75, 3.05) is 40.1 Å². The zero-order chi connectivity index (χ0) is 37.5. The van der Waals surface area contributed by atoms with Crippen LogP contribution in [0.15, 0.2) is 24.3 Å². The van der Waals surface area contributed by atoms with Gasteiger partial charge in [0, 0.05) is 46.6 Å². The molecular formula is C31H56N2O14P4. The molecule has 2 aliphatic carbocycles. The van der Waals surface area contributed by atoms with E-state index in [1.54, 1.807) is 31.2 Å². The third-order valence-electron chi connectivity index (χ3n) is 8.88. The Morgan fingerprint density at radius 1 is 0.745 bits per heavy atom. The third-order valence-corrected chi connectivity index (χ3v) is 16.6. The smallest absolute Gasteiger partial charge is 0.373 e. The number of anilines is 1. The molecule has 0 saturated heterocycles. The highest BCUT2D eigenvalue weighted by Crippen LogP contribution is 2.75. The Hall–Kier alpha value is -0.950. The predicted octanol–water partition coefficient (Wildman–Crippen LogP) is 9.53. The van der Waals surface area contributed by atoms with E-state index < -0.39 is 37.3 Å². The van der Waals surface area contributed by atoms with Gasteiger partial charge in [-0.15, -0.1) is 0 Å². The van der Waals surface area contributed by atoms with Gasteiger partial charge in [-0.25, -0.2) is 18.3 Å². The fourth-order valence-electron chi connectivity index (χ4n) is 6.06. The van der Waals surface area contributed by atoms with Crippen LogP contribution in [0.3, 0.4) is 0 Å². The summed E-state index contributed by atoms with van der Waals surface area (Å²) in [5.41, 5.74) is 0.998. The summed E-state index contributed by atoms with van der Waals surface area (Å²) in [6.45, 7) is 3.77. The van der Waals surface area contributed by atoms with Crippen molar-refractivity contribution in [3.8, 4) is 0 Å². The maximum atomic E-state index is 13.5. The topological polar surface area (TPSA) is 192 Å². The van der Waals surface area contributed by atoms with Crippen LogP contribution in [0.5, 0.6) is 0 Å². The quantitative estimate of drug-likeness (QED) is 0.105. The van der Waals surface area contributed by atoms with Crippen LogP contribution in [0.25, 0.3) is 0 Å². The molecule has 3 rings (SSSR count). The Labute approximate surface area is 302 Å². The molecule has 294 valence electrons. The van der Waals surface area contributed by atoms with Crippen molar-refractivity contribution in [1.82, 2.24) is 5.32 Å². The molecule has 1 aromatic carbocycles. The Morgan fingerprint density at radius 2 is 1.27 bits per heavy atom. The van der Waals surface area contributed by atoms with Crippen LogP contribution in [-0.4, -0.2) is 53.2 Å². The molecule has 2 aliphatic rings. The molecule has 6 atom stereocenters. The molecule has 4 unspecified atom stereocenters. The van der Waals surface area contributed by atoms with Gasteiger partial charge in [0.15, 0.2) is 0 Å². The number of rotatable bonds is 22. The Morgan fingerprint density at radius 3 is 1.82 bits per heavy atom. The summed E-state index contributed by atoms with van der Waals surface area (Å²) >= 11 is 0. The molecule has 20 heteroatoms. The van der Waals surface area contributed by atoms with Crippen LogP contribution >= 0.6 is 31.2 Å². The van der Waals surface area contributed by atoms with Gasteiger partial charge in [0.2, 0.25) is 5.91 Å². The molecule has 16 nitrogen and oxygen atoms in total. The van der Waals surface area contributed by atoms with Crippen LogP contribution < -0.4 is 10.4 Å². The molecule has 2 fully saturated rings. The molecule has 0 aromatic heterocycles. The first-order chi connectivity index (χ1) is 24.2. The average Bonchev–Trinajstić information content (AvgIpc) is 3.64. The highest BCUT2D eigenvalue weighted by molar-refractivity contribution is 7.71. The van der Waals surface area contributed by atoms with Gasteiger partial charge in [-0.05, 0) is 62.6 Å². The van der Waals surface area contributed by atoms with E-state index in [-0.39, 0.29) is 30.2 Å². The lowest BCUT2D eigenvalue weighted by Crippen LogP contribution is -2.30. The highest BCUT2D eigenvalue weighted by atomic mass is 31.3. The molecule has 0 heterocycles. The van der Waals surface area contributed by atoms with Gasteiger partial charge >= 0.3 is 31.2 Å². The molecule has 1 aromatic rings. The number of benzene rings is 1. The predicted molar refractivity (Wildman–Crippen MR) is 192 cm³/mol. The molecule has 2 N–H and O–H groups in total. The first-order valence-electron chi connectivity index (χ1n) is 17.4. The van der Waals surface area contributed by atoms with Crippen molar-refractivity contribution in [1.29, 1.82) is 0 Å². The first-order valence-corrected chi connectivity index (χ1v) is 23.4. The van der Waals surface area contributed by atoms with Crippen molar-refractivity contribution in [3.63, 3.8) is 0 Å². The van der Waals surface area contributed by atoms with Crippen molar-refractivity contribution >= 4 is 42.8 Å². The minimum absolute atomic E-state index is 0.00499. The summed E-state index contributed by atoms with van der Waals surface area (Å²) in [5.74, 6) is 0.454. The third kappa shape index (κ3) is 14.7. The lowest BCUT2D eigenvalue weighted by atomic mass is 9.90. The van der Waals surface area contributed by atoms with Crippen molar-refractivity contribution < 1.29 is 63.3 Å². The number of hydrogen-bond donors (Lipinski definition) is 2. The van der Waals surface area contributed by atoms with Gasteiger partial charge in [-0.2, -0.15) is 12.9 Å². The number of amides is 1. The van der Waals surface area contributed by atoms with Crippen LogP contribution in [0, 0.1) is 11.8 Å². The number of phosphoric acid groups is 3. The van der Waals surface area contributed by atoms with Crippen molar-refractivity contribution in [2.24, 2.45) is 11.8 Å². The molecule has 51 heavy (non-hydrogen) atoms. The summed E-state index contributed by atoms with van der Waals surface area (Å²) in [4.78, 5) is 12.7. The second-order valence-corrected chi connectivity index (χ2v) is 20.2. The minimum atomic E-state index is -5.11. The second kappa shape index (κ2) is 21.2. The number of carbonyl (C=O) groups excluding carboxylic acids is 1. The van der Waals surface area contributed by atoms with E-state index in [9.17, 15) is 23.1 Å². The summed E-state index contributed by atoms with van der Waals surface area (Å²) < 4.78 is 99.8. The fraction of sp³-hybridized carbons (Fsp3) is 0.774. The van der Waals surface area contributed by atoms with Crippen molar-refractivity contribution in [2.45, 2.75) is 110 Å². The number of phosphoric ester groups is 1. The van der Waals surface area contributed by atoms with E-state index in [4.69, 9.17) is 40.3 Å². The van der Waals surface area contributed by atoms with Gasteiger partial charge in [0.05, 0.1) is 18.8 Å². The molecular weight excluding hydrogens is 748 g/mol. The van der Waals surface area contributed by atoms with Crippen LogP contribution in [0.1, 0.15) is 96.5 Å². The van der Waals surface area contributed by atoms with Gasteiger partial charge < -0.3 is 10.1 Å². The maximum absolute atomic E-state index is 13.5. The number of nitrogens with one attached hydrogen (secondary N) is 2. The summed E-state index contributed by atoms with van der Waals surface area (Å²) in [5, 5.41) is 5.48. The van der Waals surface area contributed by atoms with Gasteiger partial charge in [-0.1, -0.05) is 64.0 Å². The monoisotopic (exact) mass is 804 g/mol. The molecule has 0 bridgehead atoms. The lowest BCUT2D eigenvalue weighted by Gasteiger charge is -2.28. The Kier molecular flexibility index (Phi) is 18.5. The van der Waals surface area contributed by atoms with Crippen LogP contribution in [-0.2, 0) is 69.9 Å². The van der Waals surface area contributed by atoms with E-state index in [1.165, 1.54) is 6.42 Å². The normalized spacial score (nSPS) is 22.3. The van der Waals surface area contributed by atoms with E-state index in [0.29, 0.717) is 12.5 Å². The molecule has 2 saturated carbocycles. The van der Waals surface area contributed by atoms with Gasteiger partial charge in [0.25, 0.3) is 0 Å². The fourth-order valence-corrected chi connectivity index (χ4v) is 12.9. The minimum Gasteiger partial charge on any atom is -0.373 e. The summed E-state index contributed by atoms with van der Waals surface area (Å²) in [6.07, 6.45) is 12.1. The lowest BCUT2D eigenvalue weighted by molar-refractivity contribution is -0.125. The van der Waals surface area contributed by atoms with Gasteiger partial charge in [-0.3, -0.25) is 32.5 Å². The van der Waals surface area contributed by atoms with Crippen molar-refractivity contribution in [3.05, 3.63) is 29.8 Å². The zero-order valence-electron chi connectivity index (χ0n) is 30.5. The first kappa shape index (κ1) is 44.4. The van der Waals surface area contributed by atoms with E-state index in [0.717, 1.165) is 105 Å². The SMILES string of the molecule is CC[C@@H](O[C@@H](C)COP(=O)(OC)OP(=O)(OC)OP(=O)(OC)OP(=O)(Nc1ccc(CNC(=O)C2CCCCCCC2)cc1)OC)C1CCCC1. The largest absolute Gasteiger partial charge is 0.492 e. The van der Waals surface area contributed by atoms with E-state index in [1.807, 2.05) is 6.92 Å². The average molecular weight is 805 g/mol. The highest BCUT2D eigenvalue weighted by Gasteiger charge is 2.49. The second-order valence-electron chi connectivity index (χ2n) is 12.6.